The van der Waals surface area contributed by atoms with E-state index in [1.54, 1.807) is 12.3 Å². The molecule has 1 aliphatic rings. The summed E-state index contributed by atoms with van der Waals surface area (Å²) in [5.74, 6) is 1.33. The fraction of sp³-hybridized carbons (Fsp3) is 0.400. The van der Waals surface area contributed by atoms with Crippen LogP contribution in [-0.4, -0.2) is 11.0 Å². The van der Waals surface area contributed by atoms with E-state index in [1.807, 2.05) is 0 Å². The van der Waals surface area contributed by atoms with Gasteiger partial charge in [-0.05, 0) is 18.4 Å². The van der Waals surface area contributed by atoms with Crippen LogP contribution in [0.4, 0.5) is 11.5 Å². The second-order valence-electron chi connectivity index (χ2n) is 3.74. The number of nitrogens with zero attached hydrogens (tertiary/aromatic N) is 2. The van der Waals surface area contributed by atoms with Gasteiger partial charge in [-0.1, -0.05) is 6.92 Å². The molecule has 72 valence electrons. The van der Waals surface area contributed by atoms with E-state index in [0.717, 1.165) is 6.42 Å². The Bertz CT molecular complexity index is 394. The van der Waals surface area contributed by atoms with Crippen molar-refractivity contribution in [2.24, 2.45) is 5.92 Å². The number of nitrogens with one attached hydrogen (secondary N) is 1. The molecule has 0 aliphatic heterocycles. The second kappa shape index (κ2) is 3.18. The van der Waals surface area contributed by atoms with Crippen LogP contribution in [0.5, 0.6) is 0 Å². The monoisotopic (exact) mass is 188 g/mol. The summed E-state index contributed by atoms with van der Waals surface area (Å²) in [6.45, 7) is 2.17. The van der Waals surface area contributed by atoms with Crippen LogP contribution < -0.4 is 11.1 Å². The first kappa shape index (κ1) is 8.82. The quantitative estimate of drug-likeness (QED) is 0.734. The molecule has 0 spiro atoms. The molecule has 4 nitrogen and oxygen atoms in total. The maximum atomic E-state index is 8.86. The lowest BCUT2D eigenvalue weighted by Gasteiger charge is -2.05. The van der Waals surface area contributed by atoms with Gasteiger partial charge in [-0.25, -0.2) is 4.98 Å². The van der Waals surface area contributed by atoms with Gasteiger partial charge in [0.1, 0.15) is 11.9 Å². The van der Waals surface area contributed by atoms with Gasteiger partial charge in [-0.15, -0.1) is 0 Å². The average molecular weight is 188 g/mol. The molecule has 1 aliphatic carbocycles. The molecule has 1 fully saturated rings. The van der Waals surface area contributed by atoms with E-state index in [4.69, 9.17) is 11.0 Å². The normalized spacial score (nSPS) is 24.0. The predicted octanol–water partition coefficient (Wildman–Crippen LogP) is 1.36. The first-order valence-electron chi connectivity index (χ1n) is 4.63. The van der Waals surface area contributed by atoms with Gasteiger partial charge in [0.25, 0.3) is 0 Å². The fourth-order valence-electron chi connectivity index (χ4n) is 1.38. The minimum Gasteiger partial charge on any atom is -0.397 e. The molecule has 2 atom stereocenters. The number of aromatic nitrogens is 1. The van der Waals surface area contributed by atoms with Crippen molar-refractivity contribution in [3.8, 4) is 6.07 Å². The lowest BCUT2D eigenvalue weighted by molar-refractivity contribution is 0.923. The Labute approximate surface area is 82.8 Å². The number of nitriles is 1. The highest BCUT2D eigenvalue weighted by Gasteiger charge is 2.33. The van der Waals surface area contributed by atoms with Crippen LogP contribution in [-0.2, 0) is 0 Å². The van der Waals surface area contributed by atoms with Gasteiger partial charge in [0, 0.05) is 6.04 Å². The van der Waals surface area contributed by atoms with Crippen molar-refractivity contribution in [1.29, 1.82) is 5.26 Å². The molecule has 1 saturated carbocycles. The summed E-state index contributed by atoms with van der Waals surface area (Å²) >= 11 is 0. The minimum absolute atomic E-state index is 0.471. The number of hydrogen-bond acceptors (Lipinski definition) is 4. The molecule has 0 bridgehead atoms. The standard InChI is InChI=1S/C10H12N4/c1-6-2-9(6)14-10-7(4-11)3-8(12)5-13-10/h3,5-6,9H,2,12H2,1H3,(H,13,14). The maximum absolute atomic E-state index is 8.86. The van der Waals surface area contributed by atoms with Crippen LogP contribution in [0.2, 0.25) is 0 Å². The zero-order valence-electron chi connectivity index (χ0n) is 7.99. The third kappa shape index (κ3) is 1.62. The number of anilines is 2. The van der Waals surface area contributed by atoms with E-state index >= 15 is 0 Å². The van der Waals surface area contributed by atoms with Gasteiger partial charge in [0.05, 0.1) is 17.4 Å². The van der Waals surface area contributed by atoms with E-state index in [1.165, 1.54) is 0 Å². The molecular formula is C10H12N4. The Kier molecular flexibility index (Phi) is 2.01. The number of pyridine rings is 1. The molecule has 1 aromatic heterocycles. The van der Waals surface area contributed by atoms with Crippen LogP contribution in [0.1, 0.15) is 18.9 Å². The molecule has 1 aromatic rings. The van der Waals surface area contributed by atoms with Gasteiger partial charge >= 0.3 is 0 Å². The van der Waals surface area contributed by atoms with Crippen LogP contribution in [0.3, 0.4) is 0 Å². The number of rotatable bonds is 2. The van der Waals surface area contributed by atoms with E-state index in [9.17, 15) is 0 Å². The number of hydrogen-bond donors (Lipinski definition) is 2. The lowest BCUT2D eigenvalue weighted by atomic mass is 10.2. The van der Waals surface area contributed by atoms with E-state index < -0.39 is 0 Å². The van der Waals surface area contributed by atoms with Gasteiger partial charge in [0.15, 0.2) is 0 Å². The third-order valence-corrected chi connectivity index (χ3v) is 2.46. The first-order chi connectivity index (χ1) is 6.70. The largest absolute Gasteiger partial charge is 0.397 e. The van der Waals surface area contributed by atoms with Gasteiger partial charge < -0.3 is 11.1 Å². The zero-order chi connectivity index (χ0) is 10.1. The highest BCUT2D eigenvalue weighted by Crippen LogP contribution is 2.32. The fourth-order valence-corrected chi connectivity index (χ4v) is 1.38. The second-order valence-corrected chi connectivity index (χ2v) is 3.74. The summed E-state index contributed by atoms with van der Waals surface area (Å²) in [6.07, 6.45) is 2.72. The van der Waals surface area contributed by atoms with Crippen LogP contribution in [0.15, 0.2) is 12.3 Å². The molecule has 4 heteroatoms. The number of nitrogen functional groups attached to an aromatic ring is 1. The van der Waals surface area contributed by atoms with Crippen LogP contribution in [0.25, 0.3) is 0 Å². The Hall–Kier alpha value is -1.76. The van der Waals surface area contributed by atoms with Gasteiger partial charge in [-0.3, -0.25) is 0 Å². The van der Waals surface area contributed by atoms with Crippen molar-refractivity contribution in [2.45, 2.75) is 19.4 Å². The summed E-state index contributed by atoms with van der Waals surface area (Å²) < 4.78 is 0. The summed E-state index contributed by atoms with van der Waals surface area (Å²) in [7, 11) is 0. The Balaban J connectivity index is 2.20. The van der Waals surface area contributed by atoms with Crippen LogP contribution in [0, 0.1) is 17.2 Å². The number of nitrogens with two attached hydrogens (primary N) is 1. The van der Waals surface area contributed by atoms with Crippen molar-refractivity contribution < 1.29 is 0 Å². The highest BCUT2D eigenvalue weighted by molar-refractivity contribution is 5.58. The summed E-state index contributed by atoms with van der Waals surface area (Å²) in [5.41, 5.74) is 6.58. The lowest BCUT2D eigenvalue weighted by Crippen LogP contribution is -2.07. The molecule has 0 amide bonds. The summed E-state index contributed by atoms with van der Waals surface area (Å²) in [5, 5.41) is 12.1. The van der Waals surface area contributed by atoms with Crippen molar-refractivity contribution in [3.05, 3.63) is 17.8 Å². The molecule has 14 heavy (non-hydrogen) atoms. The van der Waals surface area contributed by atoms with E-state index in [2.05, 4.69) is 23.3 Å². The molecule has 0 aromatic carbocycles. The van der Waals surface area contributed by atoms with E-state index in [0.29, 0.717) is 29.0 Å². The van der Waals surface area contributed by atoms with Crippen molar-refractivity contribution in [1.82, 2.24) is 4.98 Å². The Morgan fingerprint density at radius 1 is 1.71 bits per heavy atom. The van der Waals surface area contributed by atoms with E-state index in [-0.39, 0.29) is 0 Å². The smallest absolute Gasteiger partial charge is 0.144 e. The van der Waals surface area contributed by atoms with Gasteiger partial charge in [-0.2, -0.15) is 5.26 Å². The van der Waals surface area contributed by atoms with Crippen molar-refractivity contribution >= 4 is 11.5 Å². The Morgan fingerprint density at radius 2 is 2.43 bits per heavy atom. The minimum atomic E-state index is 0.471. The summed E-state index contributed by atoms with van der Waals surface area (Å²) in [6, 6.07) is 4.19. The molecule has 2 rings (SSSR count). The Morgan fingerprint density at radius 3 is 3.00 bits per heavy atom. The molecular weight excluding hydrogens is 176 g/mol. The van der Waals surface area contributed by atoms with Gasteiger partial charge in [0.2, 0.25) is 0 Å². The third-order valence-electron chi connectivity index (χ3n) is 2.46. The molecule has 2 unspecified atom stereocenters. The van der Waals surface area contributed by atoms with Crippen molar-refractivity contribution in [2.75, 3.05) is 11.1 Å². The molecule has 0 saturated heterocycles. The summed E-state index contributed by atoms with van der Waals surface area (Å²) in [4.78, 5) is 4.11. The predicted molar refractivity (Wildman–Crippen MR) is 54.6 cm³/mol. The maximum Gasteiger partial charge on any atom is 0.144 e. The molecule has 0 radical (unpaired) electrons. The average Bonchev–Trinajstić information content (AvgIpc) is 2.85. The molecule has 1 heterocycles. The highest BCUT2D eigenvalue weighted by atomic mass is 15.1. The topological polar surface area (TPSA) is 74.7 Å². The zero-order valence-corrected chi connectivity index (χ0v) is 7.99. The SMILES string of the molecule is CC1CC1Nc1ncc(N)cc1C#N. The van der Waals surface area contributed by atoms with Crippen molar-refractivity contribution in [3.63, 3.8) is 0 Å². The van der Waals surface area contributed by atoms with Crippen LogP contribution >= 0.6 is 0 Å². The first-order valence-corrected chi connectivity index (χ1v) is 4.63. The molecule has 3 N–H and O–H groups in total.